The lowest BCUT2D eigenvalue weighted by atomic mass is 10.1. The number of nitrogen functional groups attached to an aromatic ring is 1. The number of pyridine rings is 1. The van der Waals surface area contributed by atoms with E-state index in [1.54, 1.807) is 18.6 Å². The van der Waals surface area contributed by atoms with Crippen LogP contribution in [0.2, 0.25) is 0 Å². The average molecular weight is 548 g/mol. The van der Waals surface area contributed by atoms with E-state index in [2.05, 4.69) is 19.9 Å². The number of Topliss-reactive ketones (excluding diaryl/α,β-unsaturated/α-hetero) is 1. The lowest BCUT2D eigenvalue weighted by Gasteiger charge is -2.30. The fourth-order valence-electron chi connectivity index (χ4n) is 4.38. The maximum atomic E-state index is 13.3. The molecule has 2 N–H and O–H groups in total. The van der Waals surface area contributed by atoms with Crippen molar-refractivity contribution in [3.8, 4) is 17.0 Å². The molecular formula is C30H37N5O5. The first-order chi connectivity index (χ1) is 19.1. The highest BCUT2D eigenvalue weighted by Crippen LogP contribution is 2.26. The molecule has 10 nitrogen and oxygen atoms in total. The Hall–Kier alpha value is -4.05. The van der Waals surface area contributed by atoms with Gasteiger partial charge in [-0.1, -0.05) is 0 Å². The summed E-state index contributed by atoms with van der Waals surface area (Å²) in [5, 5.41) is 0. The Morgan fingerprint density at radius 2 is 1.82 bits per heavy atom. The first-order valence-electron chi connectivity index (χ1n) is 13.5. The summed E-state index contributed by atoms with van der Waals surface area (Å²) >= 11 is 0. The van der Waals surface area contributed by atoms with Crippen LogP contribution in [-0.2, 0) is 20.7 Å². The van der Waals surface area contributed by atoms with E-state index in [0.29, 0.717) is 31.1 Å². The normalized spacial score (nSPS) is 14.4. The molecule has 0 saturated carbocycles. The first kappa shape index (κ1) is 28.9. The Balaban J connectivity index is 1.41. The van der Waals surface area contributed by atoms with Crippen LogP contribution in [0.1, 0.15) is 56.6 Å². The Kier molecular flexibility index (Phi) is 9.31. The van der Waals surface area contributed by atoms with Gasteiger partial charge in [0.15, 0.2) is 11.6 Å². The molecule has 1 aromatic carbocycles. The van der Waals surface area contributed by atoms with Crippen LogP contribution in [0.3, 0.4) is 0 Å². The second kappa shape index (κ2) is 12.9. The van der Waals surface area contributed by atoms with Gasteiger partial charge in [0, 0.05) is 55.1 Å². The fraction of sp³-hybridized carbons (Fsp3) is 0.433. The van der Waals surface area contributed by atoms with E-state index in [-0.39, 0.29) is 42.2 Å². The summed E-state index contributed by atoms with van der Waals surface area (Å²) in [7, 11) is 0. The fourth-order valence-corrected chi connectivity index (χ4v) is 4.38. The van der Waals surface area contributed by atoms with Crippen LogP contribution in [0.4, 0.5) is 11.5 Å². The largest absolute Gasteiger partial charge is 0.491 e. The van der Waals surface area contributed by atoms with Crippen LogP contribution in [0.15, 0.2) is 48.9 Å². The molecule has 0 radical (unpaired) electrons. The van der Waals surface area contributed by atoms with Gasteiger partial charge in [-0.25, -0.2) is 9.97 Å². The van der Waals surface area contributed by atoms with E-state index in [4.69, 9.17) is 19.9 Å². The molecule has 0 bridgehead atoms. The van der Waals surface area contributed by atoms with Gasteiger partial charge in [0.1, 0.15) is 17.0 Å². The van der Waals surface area contributed by atoms with Gasteiger partial charge in [-0.05, 0) is 64.4 Å². The Labute approximate surface area is 234 Å². The number of hydrogen-bond donors (Lipinski definition) is 1. The summed E-state index contributed by atoms with van der Waals surface area (Å²) in [5.74, 6) is 0.274. The highest BCUT2D eigenvalue weighted by molar-refractivity contribution is 6.00. The maximum Gasteiger partial charge on any atom is 0.306 e. The molecule has 40 heavy (non-hydrogen) atoms. The summed E-state index contributed by atoms with van der Waals surface area (Å²) in [6, 6.07) is 9.26. The monoisotopic (exact) mass is 547 g/mol. The number of nitrogens with zero attached hydrogens (tertiary/aromatic N) is 4. The lowest BCUT2D eigenvalue weighted by molar-refractivity contribution is -0.155. The van der Waals surface area contributed by atoms with E-state index < -0.39 is 5.60 Å². The second-order valence-corrected chi connectivity index (χ2v) is 10.8. The number of anilines is 2. The van der Waals surface area contributed by atoms with Crippen LogP contribution in [0, 0.1) is 0 Å². The van der Waals surface area contributed by atoms with Crippen molar-refractivity contribution in [1.29, 1.82) is 0 Å². The number of esters is 1. The summed E-state index contributed by atoms with van der Waals surface area (Å²) in [5.41, 5.74) is 8.77. The molecule has 0 amide bonds. The molecule has 1 atom stereocenters. The molecule has 4 rings (SSSR count). The molecule has 1 fully saturated rings. The summed E-state index contributed by atoms with van der Waals surface area (Å²) < 4.78 is 16.8. The van der Waals surface area contributed by atoms with Crippen molar-refractivity contribution in [2.45, 2.75) is 58.7 Å². The number of benzene rings is 1. The smallest absolute Gasteiger partial charge is 0.306 e. The summed E-state index contributed by atoms with van der Waals surface area (Å²) in [4.78, 5) is 40.5. The molecule has 0 spiro atoms. The van der Waals surface area contributed by atoms with E-state index >= 15 is 0 Å². The van der Waals surface area contributed by atoms with E-state index in [0.717, 1.165) is 29.9 Å². The molecular weight excluding hydrogens is 510 g/mol. The number of hydrogen-bond acceptors (Lipinski definition) is 10. The van der Waals surface area contributed by atoms with E-state index in [1.165, 1.54) is 0 Å². The highest BCUT2D eigenvalue weighted by Gasteiger charge is 2.21. The van der Waals surface area contributed by atoms with Gasteiger partial charge in [-0.2, -0.15) is 0 Å². The van der Waals surface area contributed by atoms with Crippen LogP contribution in [0.5, 0.6) is 5.75 Å². The van der Waals surface area contributed by atoms with Crippen molar-refractivity contribution in [1.82, 2.24) is 15.0 Å². The van der Waals surface area contributed by atoms with E-state index in [1.807, 2.05) is 58.0 Å². The molecule has 10 heteroatoms. The van der Waals surface area contributed by atoms with Gasteiger partial charge >= 0.3 is 5.97 Å². The van der Waals surface area contributed by atoms with Crippen molar-refractivity contribution in [2.75, 3.05) is 36.9 Å². The molecule has 1 aliphatic rings. The predicted molar refractivity (Wildman–Crippen MR) is 152 cm³/mol. The van der Waals surface area contributed by atoms with Gasteiger partial charge in [0.25, 0.3) is 0 Å². The Morgan fingerprint density at radius 1 is 1.10 bits per heavy atom. The van der Waals surface area contributed by atoms with E-state index in [9.17, 15) is 9.59 Å². The zero-order valence-electron chi connectivity index (χ0n) is 23.6. The number of ether oxygens (including phenoxy) is 3. The zero-order valence-corrected chi connectivity index (χ0v) is 23.6. The zero-order chi connectivity index (χ0) is 28.7. The standard InChI is InChI=1S/C30H37N5O5/c1-20(5-10-27(37)40-30(2,3)4)39-23-8-6-21(7-9-23)24-19-33-29(31)28(34-24)26(36)17-22-18-32-12-11-25(22)35-13-15-38-16-14-35/h6-9,11-12,18-20H,5,10,13-17H2,1-4H3,(H2,31,33). The maximum absolute atomic E-state index is 13.3. The Bertz CT molecular complexity index is 1320. The van der Waals surface area contributed by atoms with Crippen LogP contribution >= 0.6 is 0 Å². The molecule has 3 heterocycles. The van der Waals surface area contributed by atoms with Crippen molar-refractivity contribution in [3.63, 3.8) is 0 Å². The minimum atomic E-state index is -0.503. The van der Waals surface area contributed by atoms with Gasteiger partial charge in [-0.3, -0.25) is 14.6 Å². The number of rotatable bonds is 10. The van der Waals surface area contributed by atoms with Gasteiger partial charge in [-0.15, -0.1) is 0 Å². The minimum absolute atomic E-state index is 0.0873. The van der Waals surface area contributed by atoms with Crippen LogP contribution in [-0.4, -0.2) is 64.7 Å². The van der Waals surface area contributed by atoms with Gasteiger partial charge < -0.3 is 24.8 Å². The topological polar surface area (TPSA) is 130 Å². The molecule has 212 valence electrons. The van der Waals surface area contributed by atoms with Crippen LogP contribution in [0.25, 0.3) is 11.3 Å². The molecule has 3 aromatic rings. The first-order valence-corrected chi connectivity index (χ1v) is 13.5. The molecule has 1 aliphatic heterocycles. The number of carbonyl (C=O) groups is 2. The van der Waals surface area contributed by atoms with Gasteiger partial charge in [0.05, 0.1) is 31.2 Å². The molecule has 1 saturated heterocycles. The summed E-state index contributed by atoms with van der Waals surface area (Å²) in [6.45, 7) is 10.2. The quantitative estimate of drug-likeness (QED) is 0.290. The molecule has 1 unspecified atom stereocenters. The third-order valence-corrected chi connectivity index (χ3v) is 6.31. The van der Waals surface area contributed by atoms with Crippen molar-refractivity contribution >= 4 is 23.3 Å². The van der Waals surface area contributed by atoms with Crippen molar-refractivity contribution in [2.24, 2.45) is 0 Å². The molecule has 2 aromatic heterocycles. The molecule has 0 aliphatic carbocycles. The van der Waals surface area contributed by atoms with Crippen molar-refractivity contribution < 1.29 is 23.8 Å². The van der Waals surface area contributed by atoms with Crippen molar-refractivity contribution in [3.05, 3.63) is 60.2 Å². The number of carbonyl (C=O) groups excluding carboxylic acids is 2. The lowest BCUT2D eigenvalue weighted by Crippen LogP contribution is -2.37. The minimum Gasteiger partial charge on any atom is -0.491 e. The average Bonchev–Trinajstić information content (AvgIpc) is 2.92. The second-order valence-electron chi connectivity index (χ2n) is 10.8. The number of aromatic nitrogens is 3. The Morgan fingerprint density at radius 3 is 2.52 bits per heavy atom. The predicted octanol–water partition coefficient (Wildman–Crippen LogP) is 4.27. The summed E-state index contributed by atoms with van der Waals surface area (Å²) in [6.07, 6.45) is 5.74. The highest BCUT2D eigenvalue weighted by atomic mass is 16.6. The van der Waals surface area contributed by atoms with Gasteiger partial charge in [0.2, 0.25) is 0 Å². The number of nitrogens with two attached hydrogens (primary N) is 1. The number of morpholine rings is 1. The van der Waals surface area contributed by atoms with Crippen LogP contribution < -0.4 is 15.4 Å². The third-order valence-electron chi connectivity index (χ3n) is 6.31. The third kappa shape index (κ3) is 7.98. The SMILES string of the molecule is CC(CCC(=O)OC(C)(C)C)Oc1ccc(-c2cnc(N)c(C(=O)Cc3cnccc3N3CCOCC3)n2)cc1. The number of ketones is 1.